The van der Waals surface area contributed by atoms with Gasteiger partial charge in [-0.05, 0) is 6.42 Å². The van der Waals surface area contributed by atoms with E-state index in [0.717, 1.165) is 19.3 Å². The summed E-state index contributed by atoms with van der Waals surface area (Å²) in [6.07, 6.45) is 5.05. The molecule has 12 heteroatoms. The third-order valence-corrected chi connectivity index (χ3v) is 7.61. The van der Waals surface area contributed by atoms with E-state index in [9.17, 15) is 29.7 Å². The first-order valence-electron chi connectivity index (χ1n) is 16.5. The Balaban J connectivity index is 2.72. The standard InChI is InChI=1S/C32H58O12/c1-5-6-7-8-9-10-11-12-13-14-15-16-17-18-27(37)43-29-28(38)26(21-40-23(4)34)42-32(30(29)44-31(39)22(2)3)41-20-25(36)24(35)19-33/h22,24-26,28-30,32-33,35-36,38H,5-21H2,1-4H3. The van der Waals surface area contributed by atoms with Gasteiger partial charge in [0.25, 0.3) is 0 Å². The van der Waals surface area contributed by atoms with Crippen molar-refractivity contribution in [3.63, 3.8) is 0 Å². The first kappa shape index (κ1) is 40.2. The molecule has 0 radical (unpaired) electrons. The van der Waals surface area contributed by atoms with Crippen LogP contribution in [0.3, 0.4) is 0 Å². The molecule has 1 aliphatic rings. The zero-order valence-corrected chi connectivity index (χ0v) is 27.2. The second kappa shape index (κ2) is 23.5. The Bertz CT molecular complexity index is 791. The van der Waals surface area contributed by atoms with E-state index in [4.69, 9.17) is 28.8 Å². The summed E-state index contributed by atoms with van der Waals surface area (Å²) >= 11 is 0. The van der Waals surface area contributed by atoms with E-state index in [2.05, 4.69) is 6.92 Å². The van der Waals surface area contributed by atoms with Crippen molar-refractivity contribution in [2.75, 3.05) is 19.8 Å². The van der Waals surface area contributed by atoms with Crippen molar-refractivity contribution >= 4 is 17.9 Å². The summed E-state index contributed by atoms with van der Waals surface area (Å²) in [5, 5.41) is 39.9. The number of esters is 3. The molecular formula is C32H58O12. The minimum absolute atomic E-state index is 0.0915. The molecule has 1 heterocycles. The van der Waals surface area contributed by atoms with Crippen LogP contribution in [-0.4, -0.2) is 101 Å². The molecule has 1 fully saturated rings. The van der Waals surface area contributed by atoms with Crippen molar-refractivity contribution in [1.29, 1.82) is 0 Å². The number of carbonyl (C=O) groups is 3. The molecule has 0 aromatic carbocycles. The number of rotatable bonds is 24. The Morgan fingerprint density at radius 2 is 1.34 bits per heavy atom. The number of aliphatic hydroxyl groups excluding tert-OH is 4. The number of hydrogen-bond donors (Lipinski definition) is 4. The molecule has 44 heavy (non-hydrogen) atoms. The van der Waals surface area contributed by atoms with E-state index in [1.165, 1.54) is 64.7 Å². The SMILES string of the molecule is CCCCCCCCCCCCCCCC(=O)OC1C(O)C(COC(C)=O)OC(OCC(O)C(O)CO)C1OC(=O)C(C)C. The van der Waals surface area contributed by atoms with Crippen LogP contribution < -0.4 is 0 Å². The molecule has 0 aliphatic carbocycles. The Labute approximate surface area is 262 Å². The monoisotopic (exact) mass is 634 g/mol. The quantitative estimate of drug-likeness (QED) is 0.0693. The lowest BCUT2D eigenvalue weighted by Gasteiger charge is -2.43. The summed E-state index contributed by atoms with van der Waals surface area (Å²) < 4.78 is 27.5. The summed E-state index contributed by atoms with van der Waals surface area (Å²) in [5.41, 5.74) is 0. The van der Waals surface area contributed by atoms with Gasteiger partial charge in [-0.3, -0.25) is 14.4 Å². The number of unbranched alkanes of at least 4 members (excludes halogenated alkanes) is 12. The number of aliphatic hydroxyl groups is 4. The van der Waals surface area contributed by atoms with Crippen molar-refractivity contribution in [1.82, 2.24) is 0 Å². The van der Waals surface area contributed by atoms with Crippen LogP contribution in [0.25, 0.3) is 0 Å². The smallest absolute Gasteiger partial charge is 0.308 e. The van der Waals surface area contributed by atoms with Crippen molar-refractivity contribution in [2.45, 2.75) is 161 Å². The van der Waals surface area contributed by atoms with Gasteiger partial charge >= 0.3 is 17.9 Å². The Morgan fingerprint density at radius 3 is 1.84 bits per heavy atom. The lowest BCUT2D eigenvalue weighted by molar-refractivity contribution is -0.311. The minimum atomic E-state index is -1.54. The van der Waals surface area contributed by atoms with Crippen LogP contribution in [0.1, 0.15) is 118 Å². The molecule has 12 nitrogen and oxygen atoms in total. The molecule has 0 saturated carbocycles. The fraction of sp³-hybridized carbons (Fsp3) is 0.906. The maximum Gasteiger partial charge on any atom is 0.308 e. The van der Waals surface area contributed by atoms with Gasteiger partial charge < -0.3 is 44.1 Å². The third kappa shape index (κ3) is 16.5. The van der Waals surface area contributed by atoms with Gasteiger partial charge in [-0.15, -0.1) is 0 Å². The summed E-state index contributed by atoms with van der Waals surface area (Å²) in [7, 11) is 0. The molecular weight excluding hydrogens is 576 g/mol. The molecule has 258 valence electrons. The number of ether oxygens (including phenoxy) is 5. The zero-order valence-electron chi connectivity index (χ0n) is 27.2. The van der Waals surface area contributed by atoms with Crippen LogP contribution in [0.5, 0.6) is 0 Å². The molecule has 7 unspecified atom stereocenters. The van der Waals surface area contributed by atoms with Gasteiger partial charge in [-0.25, -0.2) is 0 Å². The second-order valence-corrected chi connectivity index (χ2v) is 12.0. The molecule has 7 atom stereocenters. The molecule has 0 aromatic heterocycles. The fourth-order valence-corrected chi connectivity index (χ4v) is 4.82. The van der Waals surface area contributed by atoms with Crippen LogP contribution in [0.15, 0.2) is 0 Å². The first-order chi connectivity index (χ1) is 21.0. The van der Waals surface area contributed by atoms with Gasteiger partial charge in [-0.2, -0.15) is 0 Å². The van der Waals surface area contributed by atoms with Crippen LogP contribution >= 0.6 is 0 Å². The van der Waals surface area contributed by atoms with Crippen LogP contribution in [-0.2, 0) is 38.1 Å². The van der Waals surface area contributed by atoms with Gasteiger partial charge in [0, 0.05) is 13.3 Å². The maximum absolute atomic E-state index is 12.9. The zero-order chi connectivity index (χ0) is 32.9. The summed E-state index contributed by atoms with van der Waals surface area (Å²) in [4.78, 5) is 36.8. The highest BCUT2D eigenvalue weighted by Gasteiger charge is 2.51. The van der Waals surface area contributed by atoms with Crippen molar-refractivity contribution in [3.05, 3.63) is 0 Å². The average molecular weight is 635 g/mol. The van der Waals surface area contributed by atoms with Gasteiger partial charge in [0.1, 0.15) is 31.0 Å². The Morgan fingerprint density at radius 1 is 0.795 bits per heavy atom. The van der Waals surface area contributed by atoms with E-state index < -0.39 is 86.6 Å². The van der Waals surface area contributed by atoms with Crippen LogP contribution in [0, 0.1) is 5.92 Å². The third-order valence-electron chi connectivity index (χ3n) is 7.61. The molecule has 0 bridgehead atoms. The van der Waals surface area contributed by atoms with E-state index in [1.54, 1.807) is 13.8 Å². The minimum Gasteiger partial charge on any atom is -0.463 e. The first-order valence-corrected chi connectivity index (χ1v) is 16.5. The van der Waals surface area contributed by atoms with Gasteiger partial charge in [0.05, 0.1) is 19.1 Å². The lowest BCUT2D eigenvalue weighted by Crippen LogP contribution is -2.62. The highest BCUT2D eigenvalue weighted by Crippen LogP contribution is 2.29. The summed E-state index contributed by atoms with van der Waals surface area (Å²) in [6, 6.07) is 0. The number of carbonyl (C=O) groups excluding carboxylic acids is 3. The van der Waals surface area contributed by atoms with Crippen LogP contribution in [0.4, 0.5) is 0 Å². The predicted octanol–water partition coefficient (Wildman–Crippen LogP) is 3.33. The van der Waals surface area contributed by atoms with Crippen molar-refractivity contribution in [3.8, 4) is 0 Å². The molecule has 4 N–H and O–H groups in total. The van der Waals surface area contributed by atoms with E-state index in [-0.39, 0.29) is 6.42 Å². The molecule has 1 aliphatic heterocycles. The highest BCUT2D eigenvalue weighted by molar-refractivity contribution is 5.72. The second-order valence-electron chi connectivity index (χ2n) is 12.0. The maximum atomic E-state index is 12.9. The highest BCUT2D eigenvalue weighted by atomic mass is 16.7. The van der Waals surface area contributed by atoms with Crippen molar-refractivity contribution < 1.29 is 58.5 Å². The van der Waals surface area contributed by atoms with E-state index in [1.807, 2.05) is 0 Å². The Kier molecular flexibility index (Phi) is 21.5. The molecule has 1 rings (SSSR count). The Hall–Kier alpha value is -1.83. The average Bonchev–Trinajstić information content (AvgIpc) is 2.99. The normalized spacial score (nSPS) is 23.2. The molecule has 0 spiro atoms. The topological polar surface area (TPSA) is 178 Å². The fourth-order valence-electron chi connectivity index (χ4n) is 4.82. The molecule has 1 saturated heterocycles. The summed E-state index contributed by atoms with van der Waals surface area (Å²) in [6.45, 7) is 4.92. The lowest BCUT2D eigenvalue weighted by atomic mass is 9.98. The number of hydrogen-bond acceptors (Lipinski definition) is 12. The summed E-state index contributed by atoms with van der Waals surface area (Å²) in [5.74, 6) is -2.49. The van der Waals surface area contributed by atoms with Crippen molar-refractivity contribution in [2.24, 2.45) is 5.92 Å². The predicted molar refractivity (Wildman–Crippen MR) is 161 cm³/mol. The van der Waals surface area contributed by atoms with Gasteiger partial charge in [0.2, 0.25) is 0 Å². The van der Waals surface area contributed by atoms with E-state index in [0.29, 0.717) is 6.42 Å². The largest absolute Gasteiger partial charge is 0.463 e. The van der Waals surface area contributed by atoms with Gasteiger partial charge in [0.15, 0.2) is 18.5 Å². The van der Waals surface area contributed by atoms with E-state index >= 15 is 0 Å². The van der Waals surface area contributed by atoms with Gasteiger partial charge in [-0.1, -0.05) is 97.8 Å². The molecule has 0 amide bonds. The molecule has 0 aromatic rings. The van der Waals surface area contributed by atoms with Crippen LogP contribution in [0.2, 0.25) is 0 Å².